The van der Waals surface area contributed by atoms with E-state index in [0.29, 0.717) is 5.69 Å². The Morgan fingerprint density at radius 3 is 2.12 bits per heavy atom. The van der Waals surface area contributed by atoms with Crippen molar-refractivity contribution in [2.75, 3.05) is 18.0 Å². The number of hydrogen-bond acceptors (Lipinski definition) is 4. The zero-order valence-electron chi connectivity index (χ0n) is 9.17. The molecule has 0 heterocycles. The minimum absolute atomic E-state index is 0.228. The number of hydrogen-bond donors (Lipinski definition) is 3. The summed E-state index contributed by atoms with van der Waals surface area (Å²) in [5, 5.41) is 17.5. The number of anilines is 1. The van der Waals surface area contributed by atoms with Gasteiger partial charge >= 0.3 is 11.9 Å². The zero-order chi connectivity index (χ0) is 12.8. The molecule has 0 saturated heterocycles. The summed E-state index contributed by atoms with van der Waals surface area (Å²) in [5.74, 6) is -2.17. The number of carbonyl (C=O) groups is 2. The normalized spacial score (nSPS) is 9.94. The molecule has 0 aromatic heterocycles. The van der Waals surface area contributed by atoms with E-state index in [9.17, 15) is 9.59 Å². The zero-order valence-corrected chi connectivity index (χ0v) is 9.17. The smallest absolute Gasteiger partial charge is 0.323 e. The van der Waals surface area contributed by atoms with Gasteiger partial charge in [0.15, 0.2) is 0 Å². The lowest BCUT2D eigenvalue weighted by atomic mass is 10.1. The quantitative estimate of drug-likeness (QED) is 0.650. The van der Waals surface area contributed by atoms with E-state index >= 15 is 0 Å². The van der Waals surface area contributed by atoms with Crippen LogP contribution in [0.25, 0.3) is 0 Å². The number of para-hydroxylation sites is 1. The molecule has 0 atom stereocenters. The molecule has 92 valence electrons. The van der Waals surface area contributed by atoms with Crippen LogP contribution in [0.15, 0.2) is 24.3 Å². The maximum absolute atomic E-state index is 10.7. The highest BCUT2D eigenvalue weighted by Crippen LogP contribution is 2.19. The molecule has 0 saturated carbocycles. The van der Waals surface area contributed by atoms with Gasteiger partial charge in [0.05, 0.1) is 0 Å². The van der Waals surface area contributed by atoms with Gasteiger partial charge in [0.2, 0.25) is 0 Å². The lowest BCUT2D eigenvalue weighted by Crippen LogP contribution is -2.35. The van der Waals surface area contributed by atoms with E-state index in [-0.39, 0.29) is 19.6 Å². The summed E-state index contributed by atoms with van der Waals surface area (Å²) < 4.78 is 0. The molecule has 0 fully saturated rings. The molecule has 4 N–H and O–H groups in total. The molecule has 1 aromatic carbocycles. The summed E-state index contributed by atoms with van der Waals surface area (Å²) >= 11 is 0. The topological polar surface area (TPSA) is 104 Å². The van der Waals surface area contributed by atoms with Crippen molar-refractivity contribution in [1.29, 1.82) is 0 Å². The summed E-state index contributed by atoms with van der Waals surface area (Å²) in [5.41, 5.74) is 6.79. The van der Waals surface area contributed by atoms with Crippen LogP contribution in [0.4, 0.5) is 5.69 Å². The van der Waals surface area contributed by atoms with Gasteiger partial charge in [-0.05, 0) is 11.6 Å². The van der Waals surface area contributed by atoms with Gasteiger partial charge in [-0.3, -0.25) is 9.59 Å². The Morgan fingerprint density at radius 1 is 1.12 bits per heavy atom. The third-order valence-electron chi connectivity index (χ3n) is 2.20. The van der Waals surface area contributed by atoms with Crippen LogP contribution in [0.5, 0.6) is 0 Å². The van der Waals surface area contributed by atoms with E-state index in [2.05, 4.69) is 0 Å². The van der Waals surface area contributed by atoms with E-state index in [1.165, 1.54) is 4.90 Å². The van der Waals surface area contributed by atoms with Crippen molar-refractivity contribution < 1.29 is 19.8 Å². The number of carboxylic acid groups (broad SMARTS) is 2. The number of nitrogens with zero attached hydrogens (tertiary/aromatic N) is 1. The highest BCUT2D eigenvalue weighted by molar-refractivity contribution is 5.80. The average Bonchev–Trinajstić information content (AvgIpc) is 2.27. The van der Waals surface area contributed by atoms with Crippen molar-refractivity contribution in [2.24, 2.45) is 5.73 Å². The fraction of sp³-hybridized carbons (Fsp3) is 0.273. The number of aliphatic carboxylic acids is 2. The monoisotopic (exact) mass is 238 g/mol. The maximum Gasteiger partial charge on any atom is 0.323 e. The molecular weight excluding hydrogens is 224 g/mol. The van der Waals surface area contributed by atoms with Crippen LogP contribution in [-0.2, 0) is 16.1 Å². The van der Waals surface area contributed by atoms with E-state index in [4.69, 9.17) is 15.9 Å². The predicted molar refractivity (Wildman–Crippen MR) is 61.8 cm³/mol. The first-order valence-corrected chi connectivity index (χ1v) is 5.01. The molecule has 6 nitrogen and oxygen atoms in total. The first-order chi connectivity index (χ1) is 8.04. The van der Waals surface area contributed by atoms with Gasteiger partial charge in [-0.1, -0.05) is 18.2 Å². The van der Waals surface area contributed by atoms with Crippen molar-refractivity contribution in [3.05, 3.63) is 29.8 Å². The maximum atomic E-state index is 10.7. The van der Waals surface area contributed by atoms with Crippen LogP contribution in [0, 0.1) is 0 Å². The summed E-state index contributed by atoms with van der Waals surface area (Å²) in [6.45, 7) is -0.515. The van der Waals surface area contributed by atoms with Crippen molar-refractivity contribution in [3.63, 3.8) is 0 Å². The van der Waals surface area contributed by atoms with Gasteiger partial charge in [-0.25, -0.2) is 0 Å². The van der Waals surface area contributed by atoms with Gasteiger partial charge in [0.25, 0.3) is 0 Å². The first-order valence-electron chi connectivity index (χ1n) is 5.01. The van der Waals surface area contributed by atoms with Crippen molar-refractivity contribution in [2.45, 2.75) is 6.54 Å². The summed E-state index contributed by atoms with van der Waals surface area (Å²) in [7, 11) is 0. The summed E-state index contributed by atoms with van der Waals surface area (Å²) in [6, 6.07) is 6.89. The Morgan fingerprint density at radius 2 is 1.65 bits per heavy atom. The van der Waals surface area contributed by atoms with E-state index < -0.39 is 11.9 Å². The van der Waals surface area contributed by atoms with Crippen LogP contribution in [0.3, 0.4) is 0 Å². The second-order valence-corrected chi connectivity index (χ2v) is 3.48. The van der Waals surface area contributed by atoms with Crippen LogP contribution in [-0.4, -0.2) is 35.2 Å². The standard InChI is InChI=1S/C11H14N2O4/c12-5-8-3-1-2-4-9(8)13(6-10(14)15)7-11(16)17/h1-4H,5-7,12H2,(H,14,15)(H,16,17). The van der Waals surface area contributed by atoms with E-state index in [1.807, 2.05) is 0 Å². The van der Waals surface area contributed by atoms with Gasteiger partial charge in [0.1, 0.15) is 13.1 Å². The molecule has 6 heteroatoms. The fourth-order valence-electron chi connectivity index (χ4n) is 1.54. The largest absolute Gasteiger partial charge is 0.480 e. The first kappa shape index (κ1) is 13.0. The van der Waals surface area contributed by atoms with Crippen molar-refractivity contribution >= 4 is 17.6 Å². The van der Waals surface area contributed by atoms with Gasteiger partial charge in [0, 0.05) is 12.2 Å². The molecule has 0 unspecified atom stereocenters. The molecule has 0 aliphatic heterocycles. The van der Waals surface area contributed by atoms with E-state index in [0.717, 1.165) is 5.56 Å². The highest BCUT2D eigenvalue weighted by Gasteiger charge is 2.16. The minimum Gasteiger partial charge on any atom is -0.480 e. The third-order valence-corrected chi connectivity index (χ3v) is 2.20. The Bertz CT molecular complexity index is 404. The molecule has 17 heavy (non-hydrogen) atoms. The molecule has 0 radical (unpaired) electrons. The highest BCUT2D eigenvalue weighted by atomic mass is 16.4. The Hall–Kier alpha value is -2.08. The van der Waals surface area contributed by atoms with Gasteiger partial charge < -0.3 is 20.8 Å². The molecule has 0 aliphatic rings. The average molecular weight is 238 g/mol. The van der Waals surface area contributed by atoms with E-state index in [1.54, 1.807) is 24.3 Å². The molecule has 0 aliphatic carbocycles. The SMILES string of the molecule is NCc1ccccc1N(CC(=O)O)CC(=O)O. The fourth-order valence-corrected chi connectivity index (χ4v) is 1.54. The summed E-state index contributed by atoms with van der Waals surface area (Å²) in [6.07, 6.45) is 0. The molecule has 1 aromatic rings. The minimum atomic E-state index is -1.09. The van der Waals surface area contributed by atoms with Gasteiger partial charge in [-0.15, -0.1) is 0 Å². The molecular formula is C11H14N2O4. The molecule has 0 bridgehead atoms. The van der Waals surface area contributed by atoms with Crippen molar-refractivity contribution in [1.82, 2.24) is 0 Å². The number of carboxylic acids is 2. The van der Waals surface area contributed by atoms with Gasteiger partial charge in [-0.2, -0.15) is 0 Å². The molecule has 1 rings (SSSR count). The number of benzene rings is 1. The lowest BCUT2D eigenvalue weighted by Gasteiger charge is -2.23. The van der Waals surface area contributed by atoms with Crippen LogP contribution < -0.4 is 10.6 Å². The Labute approximate surface area is 98.3 Å². The summed E-state index contributed by atoms with van der Waals surface area (Å²) in [4.78, 5) is 22.7. The van der Waals surface area contributed by atoms with Crippen LogP contribution in [0.1, 0.15) is 5.56 Å². The second kappa shape index (κ2) is 5.86. The number of rotatable bonds is 6. The predicted octanol–water partition coefficient (Wildman–Crippen LogP) is 0.121. The van der Waals surface area contributed by atoms with Crippen LogP contribution >= 0.6 is 0 Å². The van der Waals surface area contributed by atoms with Crippen LogP contribution in [0.2, 0.25) is 0 Å². The Balaban J connectivity index is 3.02. The molecule has 0 spiro atoms. The second-order valence-electron chi connectivity index (χ2n) is 3.48. The Kier molecular flexibility index (Phi) is 4.47. The van der Waals surface area contributed by atoms with Crippen molar-refractivity contribution in [3.8, 4) is 0 Å². The molecule has 0 amide bonds. The third kappa shape index (κ3) is 3.76. The lowest BCUT2D eigenvalue weighted by molar-refractivity contribution is -0.136. The number of nitrogens with two attached hydrogens (primary N) is 1.